The van der Waals surface area contributed by atoms with Crippen LogP contribution in [0.4, 0.5) is 0 Å². The molecule has 0 unspecified atom stereocenters. The van der Waals surface area contributed by atoms with Gasteiger partial charge in [-0.05, 0) is 11.6 Å². The lowest BCUT2D eigenvalue weighted by Gasteiger charge is -2.00. The van der Waals surface area contributed by atoms with Crippen molar-refractivity contribution in [1.29, 1.82) is 0 Å². The zero-order valence-corrected chi connectivity index (χ0v) is 8.93. The first-order valence-electron chi connectivity index (χ1n) is 4.95. The van der Waals surface area contributed by atoms with Gasteiger partial charge in [0.1, 0.15) is 0 Å². The van der Waals surface area contributed by atoms with Crippen LogP contribution in [0.15, 0.2) is 48.7 Å². The second kappa shape index (κ2) is 6.58. The van der Waals surface area contributed by atoms with Crippen molar-refractivity contribution in [3.8, 4) is 0 Å². The zero-order chi connectivity index (χ0) is 11.8. The number of ether oxygens (including phenoxy) is 1. The van der Waals surface area contributed by atoms with Crippen LogP contribution >= 0.6 is 0 Å². The summed E-state index contributed by atoms with van der Waals surface area (Å²) in [7, 11) is 0. The van der Waals surface area contributed by atoms with E-state index in [2.05, 4.69) is 6.58 Å². The zero-order valence-electron chi connectivity index (χ0n) is 8.93. The molecule has 0 radical (unpaired) electrons. The smallest absolute Gasteiger partial charge is 0.338 e. The fourth-order valence-electron chi connectivity index (χ4n) is 1.06. The maximum absolute atomic E-state index is 11.2. The normalized spacial score (nSPS) is 10.3. The number of aliphatic hydroxyl groups is 1. The molecule has 3 heteroatoms. The van der Waals surface area contributed by atoms with Crippen molar-refractivity contribution in [2.24, 2.45) is 0 Å². The Morgan fingerprint density at radius 2 is 2.06 bits per heavy atom. The predicted octanol–water partition coefficient (Wildman–Crippen LogP) is 2.14. The SMILES string of the molecule is C=C(CCO)C(=O)OC=Cc1ccccc1. The lowest BCUT2D eigenvalue weighted by Crippen LogP contribution is -2.04. The number of aliphatic hydroxyl groups excluding tert-OH is 1. The second-order valence-corrected chi connectivity index (χ2v) is 3.20. The molecular formula is C13H14O3. The molecule has 3 nitrogen and oxygen atoms in total. The third-order valence-corrected chi connectivity index (χ3v) is 1.94. The maximum Gasteiger partial charge on any atom is 0.338 e. The van der Waals surface area contributed by atoms with E-state index in [4.69, 9.17) is 9.84 Å². The van der Waals surface area contributed by atoms with Gasteiger partial charge in [-0.15, -0.1) is 0 Å². The quantitative estimate of drug-likeness (QED) is 0.468. The highest BCUT2D eigenvalue weighted by Crippen LogP contribution is 2.04. The van der Waals surface area contributed by atoms with E-state index in [0.29, 0.717) is 0 Å². The van der Waals surface area contributed by atoms with E-state index in [9.17, 15) is 4.79 Å². The van der Waals surface area contributed by atoms with E-state index in [1.54, 1.807) is 6.08 Å². The molecule has 0 aliphatic carbocycles. The highest BCUT2D eigenvalue weighted by molar-refractivity contribution is 5.88. The van der Waals surface area contributed by atoms with E-state index in [0.717, 1.165) is 5.56 Å². The van der Waals surface area contributed by atoms with Gasteiger partial charge in [0.25, 0.3) is 0 Å². The minimum atomic E-state index is -0.513. The van der Waals surface area contributed by atoms with Gasteiger partial charge < -0.3 is 9.84 Å². The molecule has 0 aliphatic rings. The summed E-state index contributed by atoms with van der Waals surface area (Å²) in [5, 5.41) is 8.60. The molecule has 0 atom stereocenters. The topological polar surface area (TPSA) is 46.5 Å². The molecule has 84 valence electrons. The maximum atomic E-state index is 11.2. The van der Waals surface area contributed by atoms with Gasteiger partial charge in [0.15, 0.2) is 0 Å². The number of rotatable bonds is 5. The monoisotopic (exact) mass is 218 g/mol. The molecule has 0 aliphatic heterocycles. The van der Waals surface area contributed by atoms with Crippen LogP contribution in [-0.4, -0.2) is 17.7 Å². The molecule has 1 N–H and O–H groups in total. The number of benzene rings is 1. The second-order valence-electron chi connectivity index (χ2n) is 3.20. The van der Waals surface area contributed by atoms with E-state index in [1.165, 1.54) is 6.26 Å². The van der Waals surface area contributed by atoms with Gasteiger partial charge in [-0.25, -0.2) is 4.79 Å². The van der Waals surface area contributed by atoms with Crippen molar-refractivity contribution in [2.75, 3.05) is 6.61 Å². The van der Waals surface area contributed by atoms with Gasteiger partial charge in [0.05, 0.1) is 6.26 Å². The standard InChI is InChI=1S/C13H14O3/c1-11(7-9-14)13(15)16-10-8-12-5-3-2-4-6-12/h2-6,8,10,14H,1,7,9H2. The Morgan fingerprint density at radius 3 is 2.69 bits per heavy atom. The van der Waals surface area contributed by atoms with Crippen molar-refractivity contribution in [1.82, 2.24) is 0 Å². The molecular weight excluding hydrogens is 204 g/mol. The largest absolute Gasteiger partial charge is 0.431 e. The van der Waals surface area contributed by atoms with E-state index >= 15 is 0 Å². The fourth-order valence-corrected chi connectivity index (χ4v) is 1.06. The Labute approximate surface area is 94.7 Å². The first kappa shape index (κ1) is 12.2. The molecule has 0 amide bonds. The van der Waals surface area contributed by atoms with Crippen molar-refractivity contribution >= 4 is 12.0 Å². The summed E-state index contributed by atoms with van der Waals surface area (Å²) < 4.78 is 4.83. The van der Waals surface area contributed by atoms with Crippen LogP contribution < -0.4 is 0 Å². The Morgan fingerprint density at radius 1 is 1.38 bits per heavy atom. The van der Waals surface area contributed by atoms with Crippen LogP contribution in [-0.2, 0) is 9.53 Å². The molecule has 1 aromatic rings. The third-order valence-electron chi connectivity index (χ3n) is 1.94. The lowest BCUT2D eigenvalue weighted by atomic mass is 10.2. The van der Waals surface area contributed by atoms with Crippen LogP contribution in [0.2, 0.25) is 0 Å². The lowest BCUT2D eigenvalue weighted by molar-refractivity contribution is -0.133. The molecule has 0 aromatic heterocycles. The number of carbonyl (C=O) groups is 1. The molecule has 1 aromatic carbocycles. The van der Waals surface area contributed by atoms with Crippen molar-refractivity contribution in [3.63, 3.8) is 0 Å². The molecule has 0 fully saturated rings. The van der Waals surface area contributed by atoms with Gasteiger partial charge in [0.2, 0.25) is 0 Å². The fraction of sp³-hybridized carbons (Fsp3) is 0.154. The number of esters is 1. The molecule has 0 heterocycles. The first-order chi connectivity index (χ1) is 7.74. The number of carbonyl (C=O) groups excluding carboxylic acids is 1. The summed E-state index contributed by atoms with van der Waals surface area (Å²) in [6, 6.07) is 9.49. The van der Waals surface area contributed by atoms with Crippen LogP contribution in [0.1, 0.15) is 12.0 Å². The summed E-state index contributed by atoms with van der Waals surface area (Å²) >= 11 is 0. The highest BCUT2D eigenvalue weighted by Gasteiger charge is 2.05. The minimum absolute atomic E-state index is 0.101. The number of hydrogen-bond donors (Lipinski definition) is 1. The van der Waals surface area contributed by atoms with Crippen molar-refractivity contribution in [3.05, 3.63) is 54.3 Å². The number of hydrogen-bond acceptors (Lipinski definition) is 3. The molecule has 0 saturated carbocycles. The van der Waals surface area contributed by atoms with Crippen LogP contribution in [0, 0.1) is 0 Å². The highest BCUT2D eigenvalue weighted by atomic mass is 16.5. The van der Waals surface area contributed by atoms with Crippen LogP contribution in [0.3, 0.4) is 0 Å². The van der Waals surface area contributed by atoms with Crippen LogP contribution in [0.5, 0.6) is 0 Å². The van der Waals surface area contributed by atoms with Gasteiger partial charge in [-0.1, -0.05) is 36.9 Å². The molecule has 0 bridgehead atoms. The van der Waals surface area contributed by atoms with Crippen molar-refractivity contribution in [2.45, 2.75) is 6.42 Å². The van der Waals surface area contributed by atoms with Crippen LogP contribution in [0.25, 0.3) is 6.08 Å². The molecule has 0 saturated heterocycles. The Bertz CT molecular complexity index is 379. The predicted molar refractivity (Wildman–Crippen MR) is 62.4 cm³/mol. The average molecular weight is 218 g/mol. The van der Waals surface area contributed by atoms with Gasteiger partial charge >= 0.3 is 5.97 Å². The molecule has 0 spiro atoms. The summed E-state index contributed by atoms with van der Waals surface area (Å²) in [4.78, 5) is 11.2. The first-order valence-corrected chi connectivity index (χ1v) is 4.95. The molecule has 1 rings (SSSR count). The van der Waals surface area contributed by atoms with E-state index < -0.39 is 5.97 Å². The summed E-state index contributed by atoms with van der Waals surface area (Å²) in [5.41, 5.74) is 1.21. The van der Waals surface area contributed by atoms with Crippen molar-refractivity contribution < 1.29 is 14.6 Å². The van der Waals surface area contributed by atoms with Gasteiger partial charge in [-0.2, -0.15) is 0 Å². The van der Waals surface area contributed by atoms with E-state index in [-0.39, 0.29) is 18.6 Å². The third kappa shape index (κ3) is 4.11. The minimum Gasteiger partial charge on any atom is -0.431 e. The summed E-state index contributed by atoms with van der Waals surface area (Å²) in [6.45, 7) is 3.40. The van der Waals surface area contributed by atoms with Gasteiger partial charge in [-0.3, -0.25) is 0 Å². The average Bonchev–Trinajstić information content (AvgIpc) is 2.30. The molecule has 16 heavy (non-hydrogen) atoms. The Balaban J connectivity index is 2.43. The van der Waals surface area contributed by atoms with E-state index in [1.807, 2.05) is 30.3 Å². The summed E-state index contributed by atoms with van der Waals surface area (Å²) in [6.07, 6.45) is 3.24. The summed E-state index contributed by atoms with van der Waals surface area (Å²) in [5.74, 6) is -0.513. The van der Waals surface area contributed by atoms with Gasteiger partial charge in [0, 0.05) is 18.6 Å². The Hall–Kier alpha value is -1.87. The Kier molecular flexibility index (Phi) is 5.02.